The largest absolute Gasteiger partial charge is 0.383 e. The van der Waals surface area contributed by atoms with E-state index in [4.69, 9.17) is 10.5 Å². The smallest absolute Gasteiger partial charge is 0.243 e. The molecular weight excluding hydrogens is 211 g/mol. The third kappa shape index (κ3) is 3.29. The number of hydrogen-bond donors (Lipinski definition) is 2. The van der Waals surface area contributed by atoms with Gasteiger partial charge in [0.15, 0.2) is 0 Å². The lowest BCUT2D eigenvalue weighted by atomic mass is 10.2. The molecule has 1 rings (SSSR count). The van der Waals surface area contributed by atoms with Crippen molar-refractivity contribution in [1.29, 1.82) is 0 Å². The molecule has 0 saturated heterocycles. The number of amides is 1. The Kier molecular flexibility index (Phi) is 4.39. The second-order valence-electron chi connectivity index (χ2n) is 3.51. The van der Waals surface area contributed by atoms with Gasteiger partial charge in [0.25, 0.3) is 0 Å². The second kappa shape index (κ2) is 5.58. The molecule has 1 atom stereocenters. The third-order valence-corrected chi connectivity index (χ3v) is 2.13. The highest BCUT2D eigenvalue weighted by Crippen LogP contribution is 2.15. The quantitative estimate of drug-likeness (QED) is 0.806. The van der Waals surface area contributed by atoms with E-state index in [1.807, 2.05) is 0 Å². The van der Waals surface area contributed by atoms with Gasteiger partial charge in [0.05, 0.1) is 6.61 Å². The van der Waals surface area contributed by atoms with Crippen LogP contribution in [0.2, 0.25) is 0 Å². The number of methoxy groups -OCH3 is 1. The average Bonchev–Trinajstić information content (AvgIpc) is 2.22. The van der Waals surface area contributed by atoms with Crippen molar-refractivity contribution in [3.05, 3.63) is 29.6 Å². The van der Waals surface area contributed by atoms with Crippen LogP contribution in [0.1, 0.15) is 5.56 Å². The number of aryl methyl sites for hydroxylation is 1. The van der Waals surface area contributed by atoms with E-state index >= 15 is 0 Å². The molecule has 4 nitrogen and oxygen atoms in total. The summed E-state index contributed by atoms with van der Waals surface area (Å²) in [6.45, 7) is 1.85. The zero-order valence-electron chi connectivity index (χ0n) is 9.29. The minimum absolute atomic E-state index is 0.145. The monoisotopic (exact) mass is 226 g/mol. The summed E-state index contributed by atoms with van der Waals surface area (Å²) in [4.78, 5) is 11.5. The molecule has 0 radical (unpaired) electrons. The van der Waals surface area contributed by atoms with Crippen molar-refractivity contribution in [3.63, 3.8) is 0 Å². The van der Waals surface area contributed by atoms with Gasteiger partial charge in [-0.05, 0) is 30.7 Å². The number of carbonyl (C=O) groups excluding carboxylic acids is 1. The van der Waals surface area contributed by atoms with Crippen molar-refractivity contribution < 1.29 is 13.9 Å². The van der Waals surface area contributed by atoms with E-state index in [0.29, 0.717) is 11.3 Å². The predicted molar refractivity (Wildman–Crippen MR) is 59.6 cm³/mol. The van der Waals surface area contributed by atoms with E-state index in [-0.39, 0.29) is 18.3 Å². The van der Waals surface area contributed by atoms with Crippen molar-refractivity contribution in [1.82, 2.24) is 0 Å². The Morgan fingerprint density at radius 1 is 1.62 bits per heavy atom. The summed E-state index contributed by atoms with van der Waals surface area (Å²) >= 11 is 0. The number of nitrogens with two attached hydrogens (primary N) is 1. The van der Waals surface area contributed by atoms with Crippen molar-refractivity contribution in [2.24, 2.45) is 5.73 Å². The molecule has 0 aliphatic carbocycles. The maximum atomic E-state index is 12.8. The van der Waals surface area contributed by atoms with Crippen molar-refractivity contribution >= 4 is 11.6 Å². The predicted octanol–water partition coefficient (Wildman–Crippen LogP) is 1.05. The molecule has 0 bridgehead atoms. The number of benzene rings is 1. The number of hydrogen-bond acceptors (Lipinski definition) is 3. The van der Waals surface area contributed by atoms with E-state index in [1.165, 1.54) is 25.3 Å². The molecule has 88 valence electrons. The van der Waals surface area contributed by atoms with E-state index < -0.39 is 6.04 Å². The Hall–Kier alpha value is -1.46. The number of ether oxygens (including phenoxy) is 1. The van der Waals surface area contributed by atoms with Gasteiger partial charge in [-0.2, -0.15) is 0 Å². The number of carbonyl (C=O) groups is 1. The SMILES string of the molecule is COCC(N)C(=O)Nc1ccc(F)cc1C. The Bertz CT molecular complexity index is 382. The van der Waals surface area contributed by atoms with Gasteiger partial charge in [-0.1, -0.05) is 0 Å². The van der Waals surface area contributed by atoms with Gasteiger partial charge in [-0.25, -0.2) is 4.39 Å². The molecule has 5 heteroatoms. The highest BCUT2D eigenvalue weighted by molar-refractivity contribution is 5.95. The van der Waals surface area contributed by atoms with Crippen LogP contribution in [0.25, 0.3) is 0 Å². The molecule has 0 heterocycles. The molecule has 1 aromatic rings. The molecule has 1 amide bonds. The number of nitrogens with one attached hydrogen (secondary N) is 1. The van der Waals surface area contributed by atoms with Crippen LogP contribution in [-0.2, 0) is 9.53 Å². The summed E-state index contributed by atoms with van der Waals surface area (Å²) in [7, 11) is 1.47. The Labute approximate surface area is 93.6 Å². The molecule has 0 spiro atoms. The lowest BCUT2D eigenvalue weighted by Gasteiger charge is -2.12. The standard InChI is InChI=1S/C11H15FN2O2/c1-7-5-8(12)3-4-10(7)14-11(15)9(13)6-16-2/h3-5,9H,6,13H2,1-2H3,(H,14,15). The van der Waals surface area contributed by atoms with Crippen molar-refractivity contribution in [2.75, 3.05) is 19.0 Å². The first-order valence-electron chi connectivity index (χ1n) is 4.86. The molecular formula is C11H15FN2O2. The van der Waals surface area contributed by atoms with Crippen LogP contribution in [-0.4, -0.2) is 25.7 Å². The van der Waals surface area contributed by atoms with Gasteiger partial charge in [0.1, 0.15) is 11.9 Å². The summed E-state index contributed by atoms with van der Waals surface area (Å²) in [5, 5.41) is 2.61. The normalized spacial score (nSPS) is 12.2. The molecule has 0 fully saturated rings. The van der Waals surface area contributed by atoms with Gasteiger partial charge >= 0.3 is 0 Å². The number of rotatable bonds is 4. The van der Waals surface area contributed by atoms with Gasteiger partial charge in [-0.3, -0.25) is 4.79 Å². The van der Waals surface area contributed by atoms with E-state index in [0.717, 1.165) is 0 Å². The van der Waals surface area contributed by atoms with Crippen LogP contribution in [0.4, 0.5) is 10.1 Å². The van der Waals surface area contributed by atoms with Gasteiger partial charge < -0.3 is 15.8 Å². The summed E-state index contributed by atoms with van der Waals surface area (Å²) in [6.07, 6.45) is 0. The lowest BCUT2D eigenvalue weighted by Crippen LogP contribution is -2.39. The topological polar surface area (TPSA) is 64.3 Å². The summed E-state index contributed by atoms with van der Waals surface area (Å²) < 4.78 is 17.6. The van der Waals surface area contributed by atoms with E-state index in [2.05, 4.69) is 5.32 Å². The van der Waals surface area contributed by atoms with Crippen LogP contribution in [0.5, 0.6) is 0 Å². The van der Waals surface area contributed by atoms with E-state index in [1.54, 1.807) is 6.92 Å². The summed E-state index contributed by atoms with van der Waals surface area (Å²) in [6, 6.07) is 3.40. The Morgan fingerprint density at radius 2 is 2.31 bits per heavy atom. The molecule has 0 aliphatic heterocycles. The molecule has 3 N–H and O–H groups in total. The minimum Gasteiger partial charge on any atom is -0.383 e. The van der Waals surface area contributed by atoms with Crippen LogP contribution in [0.3, 0.4) is 0 Å². The number of halogens is 1. The van der Waals surface area contributed by atoms with E-state index in [9.17, 15) is 9.18 Å². The van der Waals surface area contributed by atoms with Crippen molar-refractivity contribution in [3.8, 4) is 0 Å². The first-order chi connectivity index (χ1) is 7.54. The first-order valence-corrected chi connectivity index (χ1v) is 4.86. The van der Waals surface area contributed by atoms with Gasteiger partial charge in [0, 0.05) is 12.8 Å². The summed E-state index contributed by atoms with van der Waals surface area (Å²) in [5.74, 6) is -0.687. The van der Waals surface area contributed by atoms with Crippen LogP contribution < -0.4 is 11.1 Å². The maximum Gasteiger partial charge on any atom is 0.243 e. The first kappa shape index (κ1) is 12.6. The van der Waals surface area contributed by atoms with Gasteiger partial charge in [-0.15, -0.1) is 0 Å². The van der Waals surface area contributed by atoms with Crippen LogP contribution in [0.15, 0.2) is 18.2 Å². The number of anilines is 1. The minimum atomic E-state index is -0.727. The highest BCUT2D eigenvalue weighted by Gasteiger charge is 2.13. The fourth-order valence-corrected chi connectivity index (χ4v) is 1.25. The Balaban J connectivity index is 2.69. The van der Waals surface area contributed by atoms with Crippen LogP contribution >= 0.6 is 0 Å². The average molecular weight is 226 g/mol. The fraction of sp³-hybridized carbons (Fsp3) is 0.364. The van der Waals surface area contributed by atoms with Gasteiger partial charge in [0.2, 0.25) is 5.91 Å². The fourth-order valence-electron chi connectivity index (χ4n) is 1.25. The maximum absolute atomic E-state index is 12.8. The zero-order chi connectivity index (χ0) is 12.1. The van der Waals surface area contributed by atoms with Crippen molar-refractivity contribution in [2.45, 2.75) is 13.0 Å². The highest BCUT2D eigenvalue weighted by atomic mass is 19.1. The van der Waals surface area contributed by atoms with Crippen LogP contribution in [0, 0.1) is 12.7 Å². The molecule has 0 saturated carbocycles. The molecule has 1 unspecified atom stereocenters. The molecule has 0 aliphatic rings. The molecule has 1 aromatic carbocycles. The lowest BCUT2D eigenvalue weighted by molar-refractivity contribution is -0.118. The molecule has 0 aromatic heterocycles. The second-order valence-corrected chi connectivity index (χ2v) is 3.51. The third-order valence-electron chi connectivity index (χ3n) is 2.13. The summed E-state index contributed by atoms with van der Waals surface area (Å²) in [5.41, 5.74) is 6.75. The Morgan fingerprint density at radius 3 is 2.88 bits per heavy atom. The zero-order valence-corrected chi connectivity index (χ0v) is 9.29. The molecule has 16 heavy (non-hydrogen) atoms.